The molecule has 2 amide bonds. The van der Waals surface area contributed by atoms with Crippen molar-refractivity contribution >= 4 is 11.7 Å². The van der Waals surface area contributed by atoms with Crippen molar-refractivity contribution in [1.82, 2.24) is 4.90 Å². The van der Waals surface area contributed by atoms with Crippen LogP contribution >= 0.6 is 0 Å². The van der Waals surface area contributed by atoms with Gasteiger partial charge in [-0.1, -0.05) is 31.9 Å². The number of likely N-dealkylation sites (tertiary alicyclic amines) is 1. The maximum atomic E-state index is 12.2. The van der Waals surface area contributed by atoms with Crippen molar-refractivity contribution in [3.63, 3.8) is 0 Å². The zero-order valence-electron chi connectivity index (χ0n) is 12.3. The van der Waals surface area contributed by atoms with Crippen LogP contribution in [0.25, 0.3) is 0 Å². The van der Waals surface area contributed by atoms with E-state index in [1.165, 1.54) is 12.8 Å². The van der Waals surface area contributed by atoms with E-state index in [2.05, 4.69) is 12.2 Å². The first kappa shape index (κ1) is 14.9. The van der Waals surface area contributed by atoms with Crippen LogP contribution in [0.2, 0.25) is 0 Å². The van der Waals surface area contributed by atoms with E-state index in [4.69, 9.17) is 5.73 Å². The summed E-state index contributed by atoms with van der Waals surface area (Å²) in [4.78, 5) is 14.1. The summed E-state index contributed by atoms with van der Waals surface area (Å²) in [6.45, 7) is 4.45. The van der Waals surface area contributed by atoms with E-state index in [-0.39, 0.29) is 6.03 Å². The molecule has 4 nitrogen and oxygen atoms in total. The van der Waals surface area contributed by atoms with E-state index in [0.717, 1.165) is 43.1 Å². The zero-order valence-corrected chi connectivity index (χ0v) is 12.3. The lowest BCUT2D eigenvalue weighted by Crippen LogP contribution is -2.41. The van der Waals surface area contributed by atoms with Crippen molar-refractivity contribution < 1.29 is 4.79 Å². The molecule has 0 atom stereocenters. The number of hydrogen-bond donors (Lipinski definition) is 2. The molecule has 1 fully saturated rings. The highest BCUT2D eigenvalue weighted by Gasteiger charge is 2.22. The molecule has 3 N–H and O–H groups in total. The minimum absolute atomic E-state index is 0.00844. The van der Waals surface area contributed by atoms with Crippen molar-refractivity contribution in [1.29, 1.82) is 0 Å². The maximum absolute atomic E-state index is 12.2. The quantitative estimate of drug-likeness (QED) is 0.886. The van der Waals surface area contributed by atoms with Crippen LogP contribution in [0.4, 0.5) is 10.5 Å². The Morgan fingerprint density at radius 1 is 1.40 bits per heavy atom. The van der Waals surface area contributed by atoms with Crippen LogP contribution in [0.1, 0.15) is 38.2 Å². The van der Waals surface area contributed by atoms with Gasteiger partial charge in [-0.2, -0.15) is 0 Å². The predicted molar refractivity (Wildman–Crippen MR) is 82.6 cm³/mol. The molecule has 110 valence electrons. The van der Waals surface area contributed by atoms with Crippen LogP contribution in [-0.4, -0.2) is 24.0 Å². The second-order valence-corrected chi connectivity index (χ2v) is 5.55. The molecule has 0 aromatic heterocycles. The Hall–Kier alpha value is -1.55. The fourth-order valence-electron chi connectivity index (χ4n) is 2.81. The molecule has 0 bridgehead atoms. The minimum atomic E-state index is 0.00844. The molecule has 0 radical (unpaired) electrons. The highest BCUT2D eigenvalue weighted by Crippen LogP contribution is 2.22. The number of nitrogens with zero attached hydrogens (tertiary/aromatic N) is 1. The van der Waals surface area contributed by atoms with Gasteiger partial charge in [0, 0.05) is 25.3 Å². The number of hydrogen-bond acceptors (Lipinski definition) is 2. The number of anilines is 1. The second kappa shape index (κ2) is 7.29. The summed E-state index contributed by atoms with van der Waals surface area (Å²) in [7, 11) is 0. The molecular formula is C16H25N3O. The fourth-order valence-corrected chi connectivity index (χ4v) is 2.81. The molecule has 1 aliphatic rings. The van der Waals surface area contributed by atoms with Crippen LogP contribution < -0.4 is 11.1 Å². The van der Waals surface area contributed by atoms with Gasteiger partial charge >= 0.3 is 6.03 Å². The summed E-state index contributed by atoms with van der Waals surface area (Å²) in [5.41, 5.74) is 7.47. The average Bonchev–Trinajstić information content (AvgIpc) is 2.48. The molecule has 2 rings (SSSR count). The number of piperidine rings is 1. The molecule has 1 aromatic carbocycles. The number of carbonyl (C=O) groups excluding carboxylic acids is 1. The van der Waals surface area contributed by atoms with E-state index < -0.39 is 0 Å². The monoisotopic (exact) mass is 275 g/mol. The van der Waals surface area contributed by atoms with Crippen LogP contribution in [0.3, 0.4) is 0 Å². The van der Waals surface area contributed by atoms with Gasteiger partial charge in [0.25, 0.3) is 0 Å². The van der Waals surface area contributed by atoms with Crippen LogP contribution in [0, 0.1) is 5.92 Å². The zero-order chi connectivity index (χ0) is 14.4. The van der Waals surface area contributed by atoms with Gasteiger partial charge < -0.3 is 16.0 Å². The summed E-state index contributed by atoms with van der Waals surface area (Å²) in [6, 6.07) is 7.73. The molecule has 0 spiro atoms. The Bertz CT molecular complexity index is 439. The third-order valence-electron chi connectivity index (χ3n) is 4.01. The average molecular weight is 275 g/mol. The van der Waals surface area contributed by atoms with Gasteiger partial charge in [0.15, 0.2) is 0 Å². The van der Waals surface area contributed by atoms with Crippen LogP contribution in [0.15, 0.2) is 24.3 Å². The summed E-state index contributed by atoms with van der Waals surface area (Å²) in [5, 5.41) is 2.96. The van der Waals surface area contributed by atoms with Crippen molar-refractivity contribution in [2.75, 3.05) is 18.4 Å². The van der Waals surface area contributed by atoms with Crippen LogP contribution in [0.5, 0.6) is 0 Å². The maximum Gasteiger partial charge on any atom is 0.321 e. The van der Waals surface area contributed by atoms with Crippen molar-refractivity contribution in [2.24, 2.45) is 11.7 Å². The first-order valence-electron chi connectivity index (χ1n) is 7.58. The predicted octanol–water partition coefficient (Wildman–Crippen LogP) is 3.19. The summed E-state index contributed by atoms with van der Waals surface area (Å²) in [6.07, 6.45) is 4.78. The van der Waals surface area contributed by atoms with Gasteiger partial charge in [-0.05, 0) is 36.5 Å². The van der Waals surface area contributed by atoms with Gasteiger partial charge in [-0.25, -0.2) is 4.79 Å². The van der Waals surface area contributed by atoms with Crippen molar-refractivity contribution in [3.8, 4) is 0 Å². The third-order valence-corrected chi connectivity index (χ3v) is 4.01. The Morgan fingerprint density at radius 2 is 2.15 bits per heavy atom. The lowest BCUT2D eigenvalue weighted by Gasteiger charge is -2.32. The topological polar surface area (TPSA) is 58.4 Å². The number of nitrogens with one attached hydrogen (secondary N) is 1. The molecule has 20 heavy (non-hydrogen) atoms. The minimum Gasteiger partial charge on any atom is -0.326 e. The van der Waals surface area contributed by atoms with Gasteiger partial charge in [-0.3, -0.25) is 0 Å². The molecule has 0 aliphatic carbocycles. The van der Waals surface area contributed by atoms with E-state index in [1.807, 2.05) is 29.2 Å². The first-order chi connectivity index (χ1) is 9.72. The summed E-state index contributed by atoms with van der Waals surface area (Å²) in [5.74, 6) is 0.796. The van der Waals surface area contributed by atoms with Gasteiger partial charge in [-0.15, -0.1) is 0 Å². The molecule has 4 heteroatoms. The van der Waals surface area contributed by atoms with Gasteiger partial charge in [0.1, 0.15) is 0 Å². The number of urea groups is 1. The largest absolute Gasteiger partial charge is 0.326 e. The Morgan fingerprint density at radius 3 is 2.80 bits per heavy atom. The number of nitrogens with two attached hydrogens (primary N) is 1. The normalized spacial score (nSPS) is 16.2. The van der Waals surface area contributed by atoms with E-state index >= 15 is 0 Å². The number of amides is 2. The number of carbonyl (C=O) groups is 1. The molecular weight excluding hydrogens is 250 g/mol. The molecule has 0 unspecified atom stereocenters. The highest BCUT2D eigenvalue weighted by atomic mass is 16.2. The first-order valence-corrected chi connectivity index (χ1v) is 7.58. The van der Waals surface area contributed by atoms with Crippen molar-refractivity contribution in [2.45, 2.75) is 39.2 Å². The molecule has 1 heterocycles. The third kappa shape index (κ3) is 3.97. The number of rotatable bonds is 4. The van der Waals surface area contributed by atoms with Gasteiger partial charge in [0.2, 0.25) is 0 Å². The lowest BCUT2D eigenvalue weighted by molar-refractivity contribution is 0.179. The summed E-state index contributed by atoms with van der Waals surface area (Å²) < 4.78 is 0. The SMILES string of the molecule is CCCC1CCN(C(=O)Nc2cccc(CN)c2)CC1. The fraction of sp³-hybridized carbons (Fsp3) is 0.562. The summed E-state index contributed by atoms with van der Waals surface area (Å²) >= 11 is 0. The Balaban J connectivity index is 1.86. The smallest absolute Gasteiger partial charge is 0.321 e. The molecule has 1 aliphatic heterocycles. The standard InChI is InChI=1S/C16H25N3O/c1-2-4-13-7-9-19(10-8-13)16(20)18-15-6-3-5-14(11-15)12-17/h3,5-6,11,13H,2,4,7-10,12,17H2,1H3,(H,18,20). The van der Waals surface area contributed by atoms with E-state index in [0.29, 0.717) is 6.54 Å². The highest BCUT2D eigenvalue weighted by molar-refractivity contribution is 5.89. The molecule has 1 saturated heterocycles. The number of benzene rings is 1. The van der Waals surface area contributed by atoms with E-state index in [9.17, 15) is 4.79 Å². The Kier molecular flexibility index (Phi) is 5.41. The van der Waals surface area contributed by atoms with Gasteiger partial charge in [0.05, 0.1) is 0 Å². The van der Waals surface area contributed by atoms with Crippen LogP contribution in [-0.2, 0) is 6.54 Å². The Labute approximate surface area is 121 Å². The lowest BCUT2D eigenvalue weighted by atomic mass is 9.93. The molecule has 1 aromatic rings. The molecule has 0 saturated carbocycles. The van der Waals surface area contributed by atoms with E-state index in [1.54, 1.807) is 0 Å². The second-order valence-electron chi connectivity index (χ2n) is 5.55. The van der Waals surface area contributed by atoms with Crippen molar-refractivity contribution in [3.05, 3.63) is 29.8 Å².